The first kappa shape index (κ1) is 12.2. The standard InChI is InChI=1S/C13H21N3O/c1-11-12(9-15-16-11)5-4-7-14-10-13-6-2-3-8-17-13/h3,8-9,13-14H,2,4-7,10H2,1H3,(H,15,16). The monoisotopic (exact) mass is 235 g/mol. The van der Waals surface area contributed by atoms with Gasteiger partial charge in [-0.3, -0.25) is 5.10 Å². The molecule has 0 aromatic carbocycles. The van der Waals surface area contributed by atoms with Gasteiger partial charge in [0.1, 0.15) is 6.10 Å². The van der Waals surface area contributed by atoms with Gasteiger partial charge in [0.15, 0.2) is 0 Å². The van der Waals surface area contributed by atoms with E-state index < -0.39 is 0 Å². The maximum Gasteiger partial charge on any atom is 0.110 e. The molecule has 1 aliphatic rings. The van der Waals surface area contributed by atoms with E-state index in [4.69, 9.17) is 4.74 Å². The lowest BCUT2D eigenvalue weighted by molar-refractivity contribution is 0.122. The summed E-state index contributed by atoms with van der Waals surface area (Å²) >= 11 is 0. The van der Waals surface area contributed by atoms with E-state index in [-0.39, 0.29) is 0 Å². The number of allylic oxidation sites excluding steroid dienone is 1. The summed E-state index contributed by atoms with van der Waals surface area (Å²) in [6, 6.07) is 0. The van der Waals surface area contributed by atoms with Crippen molar-refractivity contribution in [3.05, 3.63) is 29.8 Å². The van der Waals surface area contributed by atoms with Gasteiger partial charge in [0.2, 0.25) is 0 Å². The number of ether oxygens (including phenoxy) is 1. The average Bonchev–Trinajstić information content (AvgIpc) is 2.76. The predicted octanol–water partition coefficient (Wildman–Crippen LogP) is 1.93. The summed E-state index contributed by atoms with van der Waals surface area (Å²) in [6.45, 7) is 4.06. The second-order valence-corrected chi connectivity index (χ2v) is 4.54. The minimum absolute atomic E-state index is 0.357. The van der Waals surface area contributed by atoms with E-state index >= 15 is 0 Å². The molecule has 0 aliphatic carbocycles. The molecule has 1 aromatic heterocycles. The van der Waals surface area contributed by atoms with E-state index in [0.717, 1.165) is 38.8 Å². The fraction of sp³-hybridized carbons (Fsp3) is 0.615. The maximum absolute atomic E-state index is 5.49. The summed E-state index contributed by atoms with van der Waals surface area (Å²) in [5, 5.41) is 10.4. The van der Waals surface area contributed by atoms with Crippen LogP contribution in [-0.4, -0.2) is 29.4 Å². The Bertz CT molecular complexity index is 359. The van der Waals surface area contributed by atoms with E-state index in [2.05, 4.69) is 28.5 Å². The molecular formula is C13H21N3O. The molecule has 94 valence electrons. The van der Waals surface area contributed by atoms with Crippen LogP contribution in [-0.2, 0) is 11.2 Å². The molecular weight excluding hydrogens is 214 g/mol. The molecule has 1 aromatic rings. The van der Waals surface area contributed by atoms with Gasteiger partial charge in [0.25, 0.3) is 0 Å². The van der Waals surface area contributed by atoms with Crippen molar-refractivity contribution in [2.24, 2.45) is 0 Å². The highest BCUT2D eigenvalue weighted by Crippen LogP contribution is 2.09. The van der Waals surface area contributed by atoms with E-state index in [1.807, 2.05) is 12.5 Å². The van der Waals surface area contributed by atoms with Crippen LogP contribution in [0.5, 0.6) is 0 Å². The Labute approximate surface area is 102 Å². The number of aryl methyl sites for hydroxylation is 2. The molecule has 0 amide bonds. The Balaban J connectivity index is 1.54. The number of nitrogens with one attached hydrogen (secondary N) is 2. The first-order chi connectivity index (χ1) is 8.36. The number of aromatic nitrogens is 2. The predicted molar refractivity (Wildman–Crippen MR) is 67.8 cm³/mol. The second-order valence-electron chi connectivity index (χ2n) is 4.54. The molecule has 2 rings (SSSR count). The molecule has 2 heterocycles. The van der Waals surface area contributed by atoms with Crippen LogP contribution in [0.3, 0.4) is 0 Å². The third-order valence-corrected chi connectivity index (χ3v) is 3.13. The molecule has 17 heavy (non-hydrogen) atoms. The second kappa shape index (κ2) is 6.45. The van der Waals surface area contributed by atoms with Crippen molar-refractivity contribution in [3.63, 3.8) is 0 Å². The molecule has 1 aliphatic heterocycles. The third-order valence-electron chi connectivity index (χ3n) is 3.13. The molecule has 1 unspecified atom stereocenters. The van der Waals surface area contributed by atoms with Crippen molar-refractivity contribution in [1.29, 1.82) is 0 Å². The van der Waals surface area contributed by atoms with Gasteiger partial charge in [-0.15, -0.1) is 0 Å². The lowest BCUT2D eigenvalue weighted by Crippen LogP contribution is -2.29. The Kier molecular flexibility index (Phi) is 4.62. The molecule has 0 saturated carbocycles. The van der Waals surface area contributed by atoms with Gasteiger partial charge in [0.05, 0.1) is 12.5 Å². The van der Waals surface area contributed by atoms with Crippen molar-refractivity contribution in [3.8, 4) is 0 Å². The largest absolute Gasteiger partial charge is 0.497 e. The number of hydrogen-bond donors (Lipinski definition) is 2. The van der Waals surface area contributed by atoms with Gasteiger partial charge < -0.3 is 10.1 Å². The minimum Gasteiger partial charge on any atom is -0.497 e. The normalized spacial score (nSPS) is 19.2. The molecule has 0 radical (unpaired) electrons. The molecule has 0 saturated heterocycles. The lowest BCUT2D eigenvalue weighted by Gasteiger charge is -2.19. The van der Waals surface area contributed by atoms with Gasteiger partial charge in [0, 0.05) is 12.2 Å². The molecule has 2 N–H and O–H groups in total. The molecule has 4 heteroatoms. The molecule has 1 atom stereocenters. The average molecular weight is 235 g/mol. The van der Waals surface area contributed by atoms with Crippen LogP contribution in [0.15, 0.2) is 18.5 Å². The minimum atomic E-state index is 0.357. The van der Waals surface area contributed by atoms with Crippen LogP contribution in [0.1, 0.15) is 30.5 Å². The van der Waals surface area contributed by atoms with Crippen LogP contribution in [0.2, 0.25) is 0 Å². The Morgan fingerprint density at radius 1 is 1.59 bits per heavy atom. The van der Waals surface area contributed by atoms with Gasteiger partial charge in [-0.2, -0.15) is 5.10 Å². The van der Waals surface area contributed by atoms with E-state index in [1.165, 1.54) is 11.3 Å². The van der Waals surface area contributed by atoms with E-state index in [1.54, 1.807) is 0 Å². The first-order valence-corrected chi connectivity index (χ1v) is 6.36. The molecule has 0 bridgehead atoms. The zero-order valence-electron chi connectivity index (χ0n) is 10.4. The van der Waals surface area contributed by atoms with Crippen LogP contribution < -0.4 is 5.32 Å². The summed E-state index contributed by atoms with van der Waals surface area (Å²) < 4.78 is 5.49. The number of rotatable bonds is 6. The fourth-order valence-electron chi connectivity index (χ4n) is 2.03. The lowest BCUT2D eigenvalue weighted by atomic mass is 10.1. The Hall–Kier alpha value is -1.29. The van der Waals surface area contributed by atoms with Crippen molar-refractivity contribution < 1.29 is 4.74 Å². The van der Waals surface area contributed by atoms with Gasteiger partial charge in [-0.05, 0) is 50.8 Å². The zero-order valence-corrected chi connectivity index (χ0v) is 10.4. The Morgan fingerprint density at radius 3 is 3.24 bits per heavy atom. The van der Waals surface area contributed by atoms with Gasteiger partial charge >= 0.3 is 0 Å². The van der Waals surface area contributed by atoms with Crippen molar-refractivity contribution in [2.45, 2.75) is 38.7 Å². The topological polar surface area (TPSA) is 49.9 Å². The quantitative estimate of drug-likeness (QED) is 0.741. The fourth-order valence-corrected chi connectivity index (χ4v) is 2.03. The van der Waals surface area contributed by atoms with Crippen molar-refractivity contribution in [1.82, 2.24) is 15.5 Å². The van der Waals surface area contributed by atoms with Crippen LogP contribution >= 0.6 is 0 Å². The first-order valence-electron chi connectivity index (χ1n) is 6.36. The molecule has 0 fully saturated rings. The highest BCUT2D eigenvalue weighted by molar-refractivity contribution is 5.14. The summed E-state index contributed by atoms with van der Waals surface area (Å²) in [5.41, 5.74) is 2.51. The summed E-state index contributed by atoms with van der Waals surface area (Å²) in [4.78, 5) is 0. The van der Waals surface area contributed by atoms with Crippen LogP contribution in [0.25, 0.3) is 0 Å². The smallest absolute Gasteiger partial charge is 0.110 e. The zero-order chi connectivity index (χ0) is 11.9. The van der Waals surface area contributed by atoms with Crippen molar-refractivity contribution >= 4 is 0 Å². The third kappa shape index (κ3) is 3.89. The number of aromatic amines is 1. The Morgan fingerprint density at radius 2 is 2.53 bits per heavy atom. The summed E-state index contributed by atoms with van der Waals surface area (Å²) in [5.74, 6) is 0. The number of nitrogens with zero attached hydrogens (tertiary/aromatic N) is 1. The van der Waals surface area contributed by atoms with Crippen LogP contribution in [0.4, 0.5) is 0 Å². The number of H-pyrrole nitrogens is 1. The van der Waals surface area contributed by atoms with Crippen molar-refractivity contribution in [2.75, 3.05) is 13.1 Å². The van der Waals surface area contributed by atoms with E-state index in [0.29, 0.717) is 6.10 Å². The molecule has 0 spiro atoms. The SMILES string of the molecule is Cc1[nH]ncc1CCCNCC1CCC=CO1. The highest BCUT2D eigenvalue weighted by atomic mass is 16.5. The highest BCUT2D eigenvalue weighted by Gasteiger charge is 2.09. The maximum atomic E-state index is 5.49. The van der Waals surface area contributed by atoms with E-state index in [9.17, 15) is 0 Å². The summed E-state index contributed by atoms with van der Waals surface area (Å²) in [7, 11) is 0. The van der Waals surface area contributed by atoms with Gasteiger partial charge in [-0.25, -0.2) is 0 Å². The van der Waals surface area contributed by atoms with Gasteiger partial charge in [-0.1, -0.05) is 0 Å². The summed E-state index contributed by atoms with van der Waals surface area (Å²) in [6.07, 6.45) is 10.7. The number of hydrogen-bond acceptors (Lipinski definition) is 3. The molecule has 4 nitrogen and oxygen atoms in total. The van der Waals surface area contributed by atoms with Crippen LogP contribution in [0, 0.1) is 6.92 Å².